The summed E-state index contributed by atoms with van der Waals surface area (Å²) >= 11 is 6.44. The van der Waals surface area contributed by atoms with Crippen LogP contribution in [0.15, 0.2) is 36.7 Å². The molecule has 0 atom stereocenters. The lowest BCUT2D eigenvalue weighted by molar-refractivity contribution is 0.0628. The summed E-state index contributed by atoms with van der Waals surface area (Å²) in [4.78, 5) is 21.4. The predicted molar refractivity (Wildman–Crippen MR) is 118 cm³/mol. The molecule has 6 nitrogen and oxygen atoms in total. The van der Waals surface area contributed by atoms with Gasteiger partial charge >= 0.3 is 0 Å². The topological polar surface area (TPSA) is 54.9 Å². The molecule has 0 N–H and O–H groups in total. The van der Waals surface area contributed by atoms with Crippen molar-refractivity contribution in [2.24, 2.45) is 5.92 Å². The number of carbonyl (C=O) groups excluding carboxylic acids is 1. The van der Waals surface area contributed by atoms with E-state index in [0.29, 0.717) is 47.7 Å². The van der Waals surface area contributed by atoms with E-state index in [9.17, 15) is 4.79 Å². The predicted octanol–water partition coefficient (Wildman–Crippen LogP) is 4.13. The zero-order valence-corrected chi connectivity index (χ0v) is 18.7. The van der Waals surface area contributed by atoms with E-state index in [-0.39, 0.29) is 5.91 Å². The summed E-state index contributed by atoms with van der Waals surface area (Å²) in [5, 5.41) is 0.400. The van der Waals surface area contributed by atoms with Gasteiger partial charge in [0.05, 0.1) is 18.7 Å². The summed E-state index contributed by atoms with van der Waals surface area (Å²) < 4.78 is 11.3. The molecule has 2 aromatic rings. The van der Waals surface area contributed by atoms with Crippen LogP contribution in [-0.2, 0) is 6.54 Å². The van der Waals surface area contributed by atoms with Crippen molar-refractivity contribution in [2.45, 2.75) is 26.8 Å². The summed E-state index contributed by atoms with van der Waals surface area (Å²) in [6.45, 7) is 8.67. The Labute approximate surface area is 183 Å². The minimum atomic E-state index is -0.0371. The number of hydrogen-bond acceptors (Lipinski definition) is 5. The Bertz CT molecular complexity index is 837. The van der Waals surface area contributed by atoms with Crippen molar-refractivity contribution in [3.05, 3.63) is 52.8 Å². The number of benzene rings is 1. The van der Waals surface area contributed by atoms with Gasteiger partial charge in [-0.2, -0.15) is 0 Å². The number of rotatable bonds is 8. The van der Waals surface area contributed by atoms with Crippen LogP contribution >= 0.6 is 11.6 Å². The molecule has 1 amide bonds. The number of methoxy groups -OCH3 is 1. The number of pyridine rings is 1. The van der Waals surface area contributed by atoms with Gasteiger partial charge in [0, 0.05) is 50.7 Å². The maximum absolute atomic E-state index is 13.0. The average molecular weight is 432 g/mol. The third kappa shape index (κ3) is 5.86. The van der Waals surface area contributed by atoms with E-state index in [0.717, 1.165) is 26.1 Å². The molecule has 1 aromatic carbocycles. The third-order valence-electron chi connectivity index (χ3n) is 5.21. The van der Waals surface area contributed by atoms with Crippen molar-refractivity contribution >= 4 is 17.5 Å². The Morgan fingerprint density at radius 2 is 2.00 bits per heavy atom. The fourth-order valence-electron chi connectivity index (χ4n) is 3.42. The fraction of sp³-hybridized carbons (Fsp3) is 0.478. The molecule has 1 aliphatic heterocycles. The fourth-order valence-corrected chi connectivity index (χ4v) is 3.69. The van der Waals surface area contributed by atoms with Crippen LogP contribution in [0.3, 0.4) is 0 Å². The number of ether oxygens (including phenoxy) is 2. The number of nitrogens with zero attached hydrogens (tertiary/aromatic N) is 3. The normalized spacial score (nSPS) is 14.8. The molecule has 0 saturated carbocycles. The summed E-state index contributed by atoms with van der Waals surface area (Å²) in [5.74, 6) is 1.49. The second-order valence-corrected chi connectivity index (χ2v) is 8.36. The number of hydrogen-bond donors (Lipinski definition) is 0. The van der Waals surface area contributed by atoms with E-state index in [4.69, 9.17) is 21.1 Å². The molecule has 1 saturated heterocycles. The van der Waals surface area contributed by atoms with E-state index in [1.165, 1.54) is 5.56 Å². The maximum Gasteiger partial charge on any atom is 0.254 e. The summed E-state index contributed by atoms with van der Waals surface area (Å²) in [7, 11) is 1.56. The lowest BCUT2D eigenvalue weighted by atomic mass is 10.1. The Morgan fingerprint density at radius 1 is 1.23 bits per heavy atom. The van der Waals surface area contributed by atoms with Crippen LogP contribution in [0.25, 0.3) is 0 Å². The van der Waals surface area contributed by atoms with Crippen LogP contribution in [0.1, 0.15) is 36.2 Å². The van der Waals surface area contributed by atoms with Crippen molar-refractivity contribution in [1.82, 2.24) is 14.8 Å². The lowest BCUT2D eigenvalue weighted by Crippen LogP contribution is -2.48. The summed E-state index contributed by atoms with van der Waals surface area (Å²) in [5.41, 5.74) is 1.70. The summed E-state index contributed by atoms with van der Waals surface area (Å²) in [6.07, 6.45) is 4.58. The maximum atomic E-state index is 13.0. The van der Waals surface area contributed by atoms with Crippen molar-refractivity contribution < 1.29 is 14.3 Å². The quantitative estimate of drug-likeness (QED) is 0.629. The number of aromatic nitrogens is 1. The Kier molecular flexibility index (Phi) is 7.94. The highest BCUT2D eigenvalue weighted by molar-refractivity contribution is 6.32. The van der Waals surface area contributed by atoms with E-state index >= 15 is 0 Å². The first-order valence-corrected chi connectivity index (χ1v) is 10.8. The molecule has 0 aliphatic carbocycles. The van der Waals surface area contributed by atoms with Gasteiger partial charge < -0.3 is 14.4 Å². The second kappa shape index (κ2) is 10.6. The SMILES string of the molecule is COc1cc(C(=O)N2CCN(Cc3cccnc3)CC2)cc(Cl)c1OCCC(C)C. The number of halogens is 1. The molecule has 0 spiro atoms. The third-order valence-corrected chi connectivity index (χ3v) is 5.49. The van der Waals surface area contributed by atoms with Gasteiger partial charge in [0.2, 0.25) is 0 Å². The molecular weight excluding hydrogens is 402 g/mol. The van der Waals surface area contributed by atoms with Crippen molar-refractivity contribution in [3.8, 4) is 11.5 Å². The molecule has 3 rings (SSSR count). The minimum absolute atomic E-state index is 0.0371. The molecule has 0 unspecified atom stereocenters. The molecule has 1 aromatic heterocycles. The highest BCUT2D eigenvalue weighted by atomic mass is 35.5. The monoisotopic (exact) mass is 431 g/mol. The van der Waals surface area contributed by atoms with Gasteiger partial charge in [0.1, 0.15) is 0 Å². The molecule has 1 aliphatic rings. The Balaban J connectivity index is 1.61. The smallest absolute Gasteiger partial charge is 0.254 e. The standard InChI is InChI=1S/C23H30ClN3O3/c1-17(2)6-12-30-22-20(24)13-19(14-21(22)29-3)23(28)27-10-8-26(9-11-27)16-18-5-4-7-25-15-18/h4-5,7,13-15,17H,6,8-12,16H2,1-3H3. The summed E-state index contributed by atoms with van der Waals surface area (Å²) in [6, 6.07) is 7.42. The molecule has 0 bridgehead atoms. The van der Waals surface area contributed by atoms with Crippen LogP contribution in [-0.4, -0.2) is 60.6 Å². The van der Waals surface area contributed by atoms with Gasteiger partial charge in [-0.25, -0.2) is 0 Å². The van der Waals surface area contributed by atoms with E-state index < -0.39 is 0 Å². The highest BCUT2D eigenvalue weighted by Gasteiger charge is 2.24. The minimum Gasteiger partial charge on any atom is -0.493 e. The molecule has 7 heteroatoms. The molecule has 162 valence electrons. The average Bonchev–Trinajstić information content (AvgIpc) is 2.75. The van der Waals surface area contributed by atoms with Gasteiger partial charge in [-0.15, -0.1) is 0 Å². The first-order valence-electron chi connectivity index (χ1n) is 10.4. The first-order chi connectivity index (χ1) is 14.5. The van der Waals surface area contributed by atoms with Crippen LogP contribution in [0.4, 0.5) is 0 Å². The van der Waals surface area contributed by atoms with Crippen molar-refractivity contribution in [2.75, 3.05) is 39.9 Å². The van der Waals surface area contributed by atoms with Crippen molar-refractivity contribution in [3.63, 3.8) is 0 Å². The van der Waals surface area contributed by atoms with Gasteiger partial charge in [-0.1, -0.05) is 31.5 Å². The zero-order chi connectivity index (χ0) is 21.5. The van der Waals surface area contributed by atoms with Crippen molar-refractivity contribution in [1.29, 1.82) is 0 Å². The van der Waals surface area contributed by atoms with Crippen LogP contribution in [0.2, 0.25) is 5.02 Å². The first kappa shape index (κ1) is 22.4. The van der Waals surface area contributed by atoms with E-state index in [1.807, 2.05) is 17.2 Å². The number of carbonyl (C=O) groups is 1. The van der Waals surface area contributed by atoms with E-state index in [2.05, 4.69) is 29.8 Å². The van der Waals surface area contributed by atoms with E-state index in [1.54, 1.807) is 25.4 Å². The molecule has 0 radical (unpaired) electrons. The van der Waals surface area contributed by atoms with Crippen LogP contribution < -0.4 is 9.47 Å². The Hall–Kier alpha value is -2.31. The largest absolute Gasteiger partial charge is 0.493 e. The molecule has 30 heavy (non-hydrogen) atoms. The van der Waals surface area contributed by atoms with Crippen LogP contribution in [0, 0.1) is 5.92 Å². The molecule has 1 fully saturated rings. The molecular formula is C23H30ClN3O3. The number of amides is 1. The lowest BCUT2D eigenvalue weighted by Gasteiger charge is -2.34. The zero-order valence-electron chi connectivity index (χ0n) is 17.9. The van der Waals surface area contributed by atoms with Gasteiger partial charge in [0.15, 0.2) is 11.5 Å². The van der Waals surface area contributed by atoms with Gasteiger partial charge in [-0.05, 0) is 36.1 Å². The highest BCUT2D eigenvalue weighted by Crippen LogP contribution is 2.37. The Morgan fingerprint density at radius 3 is 2.63 bits per heavy atom. The molecule has 2 heterocycles. The second-order valence-electron chi connectivity index (χ2n) is 7.95. The van der Waals surface area contributed by atoms with Gasteiger partial charge in [-0.3, -0.25) is 14.7 Å². The number of piperazine rings is 1. The van der Waals surface area contributed by atoms with Gasteiger partial charge in [0.25, 0.3) is 5.91 Å². The van der Waals surface area contributed by atoms with Crippen LogP contribution in [0.5, 0.6) is 11.5 Å².